The zero-order chi connectivity index (χ0) is 17.3. The van der Waals surface area contributed by atoms with Gasteiger partial charge in [0.1, 0.15) is 5.75 Å². The lowest BCUT2D eigenvalue weighted by Crippen LogP contribution is -2.59. The summed E-state index contributed by atoms with van der Waals surface area (Å²) in [6.07, 6.45) is 3.89. The van der Waals surface area contributed by atoms with E-state index < -0.39 is 0 Å². The molecule has 1 N–H and O–H groups in total. The Morgan fingerprint density at radius 2 is 2.20 bits per heavy atom. The Kier molecular flexibility index (Phi) is 3.72. The van der Waals surface area contributed by atoms with Crippen LogP contribution in [0.4, 0.5) is 0 Å². The Labute approximate surface area is 158 Å². The average Bonchev–Trinajstić information content (AvgIpc) is 2.93. The normalized spacial score (nSPS) is 36.3. The highest BCUT2D eigenvalue weighted by Crippen LogP contribution is 2.54. The van der Waals surface area contributed by atoms with Crippen molar-refractivity contribution in [1.82, 2.24) is 9.88 Å². The van der Waals surface area contributed by atoms with Crippen LogP contribution in [0.5, 0.6) is 5.75 Å². The zero-order valence-corrected chi connectivity index (χ0v) is 16.9. The molecule has 4 bridgehead atoms. The Morgan fingerprint density at radius 3 is 2.96 bits per heavy atom. The van der Waals surface area contributed by atoms with E-state index in [0.29, 0.717) is 5.92 Å². The third-order valence-electron chi connectivity index (χ3n) is 7.39. The molecule has 4 heteroatoms. The molecule has 6 atom stereocenters. The maximum absolute atomic E-state index is 5.57. The van der Waals surface area contributed by atoms with E-state index in [-0.39, 0.29) is 0 Å². The number of halogens is 1. The molecule has 0 spiro atoms. The molecule has 134 valence electrons. The van der Waals surface area contributed by atoms with Crippen LogP contribution in [0.15, 0.2) is 16.6 Å². The average molecular weight is 403 g/mol. The van der Waals surface area contributed by atoms with E-state index in [1.54, 1.807) is 7.11 Å². The van der Waals surface area contributed by atoms with E-state index in [9.17, 15) is 0 Å². The topological polar surface area (TPSA) is 28.3 Å². The lowest BCUT2D eigenvalue weighted by atomic mass is 9.60. The van der Waals surface area contributed by atoms with Gasteiger partial charge in [0, 0.05) is 41.6 Å². The first-order valence-corrected chi connectivity index (χ1v) is 10.5. The van der Waals surface area contributed by atoms with Crippen LogP contribution in [0.25, 0.3) is 10.9 Å². The van der Waals surface area contributed by atoms with Gasteiger partial charge in [-0.2, -0.15) is 0 Å². The summed E-state index contributed by atoms with van der Waals surface area (Å²) in [5, 5.41) is 1.35. The van der Waals surface area contributed by atoms with Gasteiger partial charge in [-0.05, 0) is 64.2 Å². The number of aromatic nitrogens is 1. The van der Waals surface area contributed by atoms with Crippen molar-refractivity contribution in [3.8, 4) is 5.75 Å². The molecule has 4 heterocycles. The molecule has 1 aliphatic carbocycles. The minimum absolute atomic E-state index is 0.653. The van der Waals surface area contributed by atoms with Crippen LogP contribution in [-0.4, -0.2) is 36.1 Å². The van der Waals surface area contributed by atoms with Gasteiger partial charge < -0.3 is 9.72 Å². The highest BCUT2D eigenvalue weighted by atomic mass is 79.9. The summed E-state index contributed by atoms with van der Waals surface area (Å²) < 4.78 is 6.68. The highest BCUT2D eigenvalue weighted by Gasteiger charge is 2.52. The molecule has 3 fully saturated rings. The molecule has 4 aliphatic rings. The van der Waals surface area contributed by atoms with Gasteiger partial charge in [-0.1, -0.05) is 20.3 Å². The van der Waals surface area contributed by atoms with Gasteiger partial charge >= 0.3 is 0 Å². The zero-order valence-electron chi connectivity index (χ0n) is 15.3. The summed E-state index contributed by atoms with van der Waals surface area (Å²) in [7, 11) is 1.75. The molecule has 1 aromatic carbocycles. The van der Waals surface area contributed by atoms with Crippen molar-refractivity contribution >= 4 is 26.8 Å². The number of hydrogen-bond donors (Lipinski definition) is 1. The third kappa shape index (κ3) is 2.13. The Bertz CT molecular complexity index is 829. The van der Waals surface area contributed by atoms with E-state index in [0.717, 1.165) is 40.4 Å². The van der Waals surface area contributed by atoms with Gasteiger partial charge in [0.05, 0.1) is 11.6 Å². The van der Waals surface area contributed by atoms with Crippen LogP contribution in [-0.2, 0) is 6.42 Å². The molecule has 0 amide bonds. The van der Waals surface area contributed by atoms with Gasteiger partial charge in [-0.3, -0.25) is 4.90 Å². The first kappa shape index (κ1) is 16.2. The van der Waals surface area contributed by atoms with Gasteiger partial charge in [0.2, 0.25) is 0 Å². The molecule has 1 saturated carbocycles. The summed E-state index contributed by atoms with van der Waals surface area (Å²) in [5.41, 5.74) is 4.31. The summed E-state index contributed by atoms with van der Waals surface area (Å²) in [6, 6.07) is 4.98. The SMILES string of the molecule is CC[C@H]1CC2CN3CCc4c([nH]c5ccc(OC)c(Br)c45)[C@@H](C13)[C@@H]2C. The number of benzene rings is 1. The van der Waals surface area contributed by atoms with Crippen LogP contribution < -0.4 is 4.74 Å². The number of ether oxygens (including phenoxy) is 1. The molecule has 3 aliphatic heterocycles. The second kappa shape index (κ2) is 5.75. The van der Waals surface area contributed by atoms with Crippen LogP contribution in [0.2, 0.25) is 0 Å². The minimum Gasteiger partial charge on any atom is -0.496 e. The molecule has 25 heavy (non-hydrogen) atoms. The second-order valence-electron chi connectivity index (χ2n) is 8.31. The van der Waals surface area contributed by atoms with E-state index in [1.165, 1.54) is 48.1 Å². The number of nitrogens with one attached hydrogen (secondary N) is 1. The van der Waals surface area contributed by atoms with E-state index in [4.69, 9.17) is 4.74 Å². The summed E-state index contributed by atoms with van der Waals surface area (Å²) in [4.78, 5) is 6.67. The first-order valence-electron chi connectivity index (χ1n) is 9.75. The number of methoxy groups -OCH3 is 1. The number of H-pyrrole nitrogens is 1. The molecule has 2 aromatic rings. The largest absolute Gasteiger partial charge is 0.496 e. The summed E-state index contributed by atoms with van der Waals surface area (Å²) in [6.45, 7) is 7.40. The molecule has 3 nitrogen and oxygen atoms in total. The Balaban J connectivity index is 1.73. The number of rotatable bonds is 2. The molecular weight excluding hydrogens is 376 g/mol. The van der Waals surface area contributed by atoms with E-state index in [1.807, 2.05) is 0 Å². The molecule has 1 aromatic heterocycles. The molecular formula is C21H27BrN2O. The molecule has 2 saturated heterocycles. The van der Waals surface area contributed by atoms with Gasteiger partial charge in [0.15, 0.2) is 0 Å². The predicted octanol–water partition coefficient (Wildman–Crippen LogP) is 4.95. The van der Waals surface area contributed by atoms with Gasteiger partial charge in [0.25, 0.3) is 0 Å². The van der Waals surface area contributed by atoms with Gasteiger partial charge in [-0.25, -0.2) is 0 Å². The standard InChI is InChI=1S/C21H27BrN2O/c1-4-12-9-13-10-24-8-7-14-18-15(5-6-16(25-3)19(18)22)23-20(14)17(11(13)2)21(12)24/h5-6,11-13,17,21,23H,4,7-10H2,1-3H3/t11-,12+,13?,17+,21?/m1/s1. The number of fused-ring (bicyclic) bond motifs is 4. The predicted molar refractivity (Wildman–Crippen MR) is 105 cm³/mol. The molecule has 3 unspecified atom stereocenters. The van der Waals surface area contributed by atoms with E-state index in [2.05, 4.69) is 51.8 Å². The highest BCUT2D eigenvalue weighted by molar-refractivity contribution is 9.10. The first-order chi connectivity index (χ1) is 12.1. The van der Waals surface area contributed by atoms with Crippen molar-refractivity contribution in [1.29, 1.82) is 0 Å². The van der Waals surface area contributed by atoms with E-state index >= 15 is 0 Å². The Hall–Kier alpha value is -1.00. The lowest BCUT2D eigenvalue weighted by Gasteiger charge is -2.56. The van der Waals surface area contributed by atoms with Crippen molar-refractivity contribution in [3.63, 3.8) is 0 Å². The lowest BCUT2D eigenvalue weighted by molar-refractivity contribution is -0.0479. The number of aromatic amines is 1. The number of piperidine rings is 2. The minimum atomic E-state index is 0.653. The number of hydrogen-bond acceptors (Lipinski definition) is 2. The van der Waals surface area contributed by atoms with Crippen molar-refractivity contribution in [2.45, 2.75) is 45.1 Å². The summed E-state index contributed by atoms with van der Waals surface area (Å²) >= 11 is 3.82. The van der Waals surface area contributed by atoms with Crippen LogP contribution in [0, 0.1) is 17.8 Å². The fourth-order valence-corrected chi connectivity index (χ4v) is 6.93. The molecule has 0 radical (unpaired) electrons. The van der Waals surface area contributed by atoms with Gasteiger partial charge in [-0.15, -0.1) is 0 Å². The van der Waals surface area contributed by atoms with Crippen molar-refractivity contribution < 1.29 is 4.74 Å². The molecule has 6 rings (SSSR count). The third-order valence-corrected chi connectivity index (χ3v) is 8.17. The van der Waals surface area contributed by atoms with Crippen molar-refractivity contribution in [2.24, 2.45) is 17.8 Å². The Morgan fingerprint density at radius 1 is 1.36 bits per heavy atom. The maximum Gasteiger partial charge on any atom is 0.133 e. The fourth-order valence-electron chi connectivity index (χ4n) is 6.18. The van der Waals surface area contributed by atoms with Crippen LogP contribution >= 0.6 is 15.9 Å². The van der Waals surface area contributed by atoms with Crippen molar-refractivity contribution in [3.05, 3.63) is 27.9 Å². The van der Waals surface area contributed by atoms with Crippen molar-refractivity contribution in [2.75, 3.05) is 20.2 Å². The summed E-state index contributed by atoms with van der Waals surface area (Å²) in [5.74, 6) is 4.07. The quantitative estimate of drug-likeness (QED) is 0.769. The monoisotopic (exact) mass is 402 g/mol. The second-order valence-corrected chi connectivity index (χ2v) is 9.10. The smallest absolute Gasteiger partial charge is 0.133 e. The van der Waals surface area contributed by atoms with Crippen LogP contribution in [0.1, 0.15) is 43.9 Å². The number of nitrogens with zero attached hydrogens (tertiary/aromatic N) is 1. The van der Waals surface area contributed by atoms with Crippen LogP contribution in [0.3, 0.4) is 0 Å². The maximum atomic E-state index is 5.57. The fraction of sp³-hybridized carbons (Fsp3) is 0.619.